The molecule has 0 aliphatic heterocycles. The fraction of sp³-hybridized carbons (Fsp3) is 0.333. The zero-order chi connectivity index (χ0) is 11.3. The molecule has 0 amide bonds. The van der Waals surface area contributed by atoms with Crippen molar-refractivity contribution in [3.8, 4) is 0 Å². The van der Waals surface area contributed by atoms with E-state index in [9.17, 15) is 13.2 Å². The Bertz CT molecular complexity index is 535. The third-order valence-electron chi connectivity index (χ3n) is 3.06. The molecule has 1 aromatic carbocycles. The van der Waals surface area contributed by atoms with E-state index in [0.717, 1.165) is 29.9 Å². The van der Waals surface area contributed by atoms with Gasteiger partial charge in [-0.2, -0.15) is 13.2 Å². The predicted octanol–water partition coefficient (Wildman–Crippen LogP) is 4.06. The standard InChI is InChI=1S/C12H10F3N/c13-12(14,15)8-3-4-9-10(7-1-2-7)6-16-11(9)5-8/h3-7,16H,1-2H2. The molecule has 0 saturated heterocycles. The van der Waals surface area contributed by atoms with Crippen molar-refractivity contribution >= 4 is 10.9 Å². The fourth-order valence-electron chi connectivity index (χ4n) is 2.06. The van der Waals surface area contributed by atoms with Crippen molar-refractivity contribution in [2.45, 2.75) is 24.9 Å². The molecular formula is C12H10F3N. The topological polar surface area (TPSA) is 15.8 Å². The monoisotopic (exact) mass is 225 g/mol. The molecule has 0 spiro atoms. The van der Waals surface area contributed by atoms with Crippen LogP contribution < -0.4 is 0 Å². The second kappa shape index (κ2) is 3.03. The minimum Gasteiger partial charge on any atom is -0.361 e. The van der Waals surface area contributed by atoms with Crippen LogP contribution in [0.15, 0.2) is 24.4 Å². The van der Waals surface area contributed by atoms with E-state index in [4.69, 9.17) is 0 Å². The van der Waals surface area contributed by atoms with Crippen molar-refractivity contribution in [1.29, 1.82) is 0 Å². The lowest BCUT2D eigenvalue weighted by atomic mass is 10.1. The van der Waals surface area contributed by atoms with E-state index in [2.05, 4.69) is 4.98 Å². The summed E-state index contributed by atoms with van der Waals surface area (Å²) in [4.78, 5) is 2.92. The van der Waals surface area contributed by atoms with Crippen molar-refractivity contribution in [2.24, 2.45) is 0 Å². The number of hydrogen-bond acceptors (Lipinski definition) is 0. The summed E-state index contributed by atoms with van der Waals surface area (Å²) >= 11 is 0. The Morgan fingerprint density at radius 1 is 1.19 bits per heavy atom. The summed E-state index contributed by atoms with van der Waals surface area (Å²) in [7, 11) is 0. The van der Waals surface area contributed by atoms with Gasteiger partial charge in [0, 0.05) is 17.1 Å². The predicted molar refractivity (Wildman–Crippen MR) is 55.3 cm³/mol. The Labute approximate surface area is 90.3 Å². The Morgan fingerprint density at radius 3 is 2.56 bits per heavy atom. The zero-order valence-electron chi connectivity index (χ0n) is 8.43. The number of alkyl halides is 3. The maximum atomic E-state index is 12.5. The summed E-state index contributed by atoms with van der Waals surface area (Å²) in [5.41, 5.74) is 1.14. The van der Waals surface area contributed by atoms with Gasteiger partial charge < -0.3 is 4.98 Å². The minimum absolute atomic E-state index is 0.547. The molecule has 0 unspecified atom stereocenters. The number of aromatic amines is 1. The van der Waals surface area contributed by atoms with Crippen LogP contribution in [-0.4, -0.2) is 4.98 Å². The van der Waals surface area contributed by atoms with Gasteiger partial charge in [0.2, 0.25) is 0 Å². The highest BCUT2D eigenvalue weighted by Gasteiger charge is 2.31. The first-order valence-electron chi connectivity index (χ1n) is 5.24. The molecule has 1 aromatic heterocycles. The van der Waals surface area contributed by atoms with Gasteiger partial charge in [0.05, 0.1) is 5.56 Å². The molecule has 1 nitrogen and oxygen atoms in total. The van der Waals surface area contributed by atoms with Crippen LogP contribution >= 0.6 is 0 Å². The highest BCUT2D eigenvalue weighted by Crippen LogP contribution is 2.43. The number of aromatic nitrogens is 1. The summed E-state index contributed by atoms with van der Waals surface area (Å²) in [6.07, 6.45) is -0.135. The maximum Gasteiger partial charge on any atom is 0.416 e. The third-order valence-corrected chi connectivity index (χ3v) is 3.06. The van der Waals surface area contributed by atoms with E-state index in [1.165, 1.54) is 6.07 Å². The first-order valence-corrected chi connectivity index (χ1v) is 5.24. The molecule has 1 fully saturated rings. The molecular weight excluding hydrogens is 215 g/mol. The van der Waals surface area contributed by atoms with Crippen molar-refractivity contribution in [3.63, 3.8) is 0 Å². The number of fused-ring (bicyclic) bond motifs is 1. The first-order chi connectivity index (χ1) is 7.55. The molecule has 0 radical (unpaired) electrons. The Kier molecular flexibility index (Phi) is 1.85. The van der Waals surface area contributed by atoms with E-state index in [-0.39, 0.29) is 0 Å². The maximum absolute atomic E-state index is 12.5. The van der Waals surface area contributed by atoms with Gasteiger partial charge in [0.15, 0.2) is 0 Å². The molecule has 1 heterocycles. The van der Waals surface area contributed by atoms with E-state index in [1.807, 2.05) is 6.20 Å². The van der Waals surface area contributed by atoms with Crippen LogP contribution in [0.2, 0.25) is 0 Å². The number of benzene rings is 1. The van der Waals surface area contributed by atoms with Crippen molar-refractivity contribution < 1.29 is 13.2 Å². The lowest BCUT2D eigenvalue weighted by molar-refractivity contribution is -0.137. The van der Waals surface area contributed by atoms with Gasteiger partial charge in [-0.05, 0) is 36.5 Å². The lowest BCUT2D eigenvalue weighted by Gasteiger charge is -2.06. The third kappa shape index (κ3) is 1.49. The van der Waals surface area contributed by atoms with E-state index in [1.54, 1.807) is 6.07 Å². The second-order valence-electron chi connectivity index (χ2n) is 4.28. The molecule has 0 bridgehead atoms. The molecule has 1 aliphatic rings. The summed E-state index contributed by atoms with van der Waals surface area (Å²) < 4.78 is 37.4. The normalized spacial score (nSPS) is 16.9. The summed E-state index contributed by atoms with van der Waals surface area (Å²) in [5.74, 6) is 0.547. The van der Waals surface area contributed by atoms with Crippen LogP contribution in [0.5, 0.6) is 0 Å². The highest BCUT2D eigenvalue weighted by molar-refractivity contribution is 5.84. The Morgan fingerprint density at radius 2 is 1.94 bits per heavy atom. The lowest BCUT2D eigenvalue weighted by Crippen LogP contribution is -2.04. The van der Waals surface area contributed by atoms with Gasteiger partial charge in [0.25, 0.3) is 0 Å². The molecule has 1 N–H and O–H groups in total. The molecule has 16 heavy (non-hydrogen) atoms. The van der Waals surface area contributed by atoms with Crippen molar-refractivity contribution in [2.75, 3.05) is 0 Å². The van der Waals surface area contributed by atoms with E-state index >= 15 is 0 Å². The average Bonchev–Trinajstić information content (AvgIpc) is 2.96. The number of hydrogen-bond donors (Lipinski definition) is 1. The van der Waals surface area contributed by atoms with Gasteiger partial charge in [-0.15, -0.1) is 0 Å². The Balaban J connectivity index is 2.13. The van der Waals surface area contributed by atoms with Gasteiger partial charge in [-0.25, -0.2) is 0 Å². The molecule has 1 aliphatic carbocycles. The molecule has 1 saturated carbocycles. The van der Waals surface area contributed by atoms with Gasteiger partial charge >= 0.3 is 6.18 Å². The molecule has 84 valence electrons. The van der Waals surface area contributed by atoms with Crippen molar-refractivity contribution in [1.82, 2.24) is 4.98 Å². The molecule has 2 aromatic rings. The quantitative estimate of drug-likeness (QED) is 0.753. The first kappa shape index (κ1) is 9.75. The highest BCUT2D eigenvalue weighted by atomic mass is 19.4. The van der Waals surface area contributed by atoms with Gasteiger partial charge in [-0.3, -0.25) is 0 Å². The SMILES string of the molecule is FC(F)(F)c1ccc2c(C3CC3)c[nH]c2c1. The van der Waals surface area contributed by atoms with Crippen LogP contribution in [0.1, 0.15) is 29.9 Å². The smallest absolute Gasteiger partial charge is 0.361 e. The number of halogens is 3. The Hall–Kier alpha value is -1.45. The average molecular weight is 225 g/mol. The van der Waals surface area contributed by atoms with Crippen LogP contribution in [0.3, 0.4) is 0 Å². The summed E-state index contributed by atoms with van der Waals surface area (Å²) in [5, 5.41) is 0.926. The zero-order valence-corrected chi connectivity index (χ0v) is 8.43. The number of H-pyrrole nitrogens is 1. The van der Waals surface area contributed by atoms with Crippen molar-refractivity contribution in [3.05, 3.63) is 35.5 Å². The van der Waals surface area contributed by atoms with Gasteiger partial charge in [0.1, 0.15) is 0 Å². The number of nitrogens with one attached hydrogen (secondary N) is 1. The molecule has 0 atom stereocenters. The molecule has 3 rings (SSSR count). The van der Waals surface area contributed by atoms with E-state index < -0.39 is 11.7 Å². The molecule has 4 heteroatoms. The van der Waals surface area contributed by atoms with Crippen LogP contribution in [-0.2, 0) is 6.18 Å². The second-order valence-corrected chi connectivity index (χ2v) is 4.28. The summed E-state index contributed by atoms with van der Waals surface area (Å²) in [6, 6.07) is 3.91. The fourth-order valence-corrected chi connectivity index (χ4v) is 2.06. The summed E-state index contributed by atoms with van der Waals surface area (Å²) in [6.45, 7) is 0. The number of rotatable bonds is 1. The minimum atomic E-state index is -4.26. The van der Waals surface area contributed by atoms with E-state index in [0.29, 0.717) is 11.4 Å². The van der Waals surface area contributed by atoms with Crippen LogP contribution in [0, 0.1) is 0 Å². The van der Waals surface area contributed by atoms with Crippen LogP contribution in [0.25, 0.3) is 10.9 Å². The van der Waals surface area contributed by atoms with Gasteiger partial charge in [-0.1, -0.05) is 6.07 Å². The van der Waals surface area contributed by atoms with Crippen LogP contribution in [0.4, 0.5) is 13.2 Å². The largest absolute Gasteiger partial charge is 0.416 e.